The molecule has 0 bridgehead atoms. The lowest BCUT2D eigenvalue weighted by molar-refractivity contribution is -0.348. The highest BCUT2D eigenvalue weighted by molar-refractivity contribution is 5.95. The Morgan fingerprint density at radius 3 is 1.82 bits per heavy atom. The van der Waals surface area contributed by atoms with Gasteiger partial charge in [0.1, 0.15) is 5.78 Å². The van der Waals surface area contributed by atoms with Crippen molar-refractivity contribution in [3.8, 4) is 18.2 Å². The number of hydrogen-bond acceptors (Lipinski definition) is 10. The normalized spacial score (nSPS) is 34.4. The number of carbonyl (C=O) groups is 1. The molecule has 0 amide bonds. The van der Waals surface area contributed by atoms with Gasteiger partial charge in [0.15, 0.2) is 16.2 Å². The lowest BCUT2D eigenvalue weighted by Crippen LogP contribution is -2.55. The zero-order valence-corrected chi connectivity index (χ0v) is 20.2. The number of carbonyl (C=O) groups excluding carboxylic acids is 1. The quantitative estimate of drug-likeness (QED) is 0.279. The SMILES string of the molecule is CCCC/C(C)=N/OC1(C)OC(N)(O/N=C(\C)CCCC)C2(C#N)C(C#N)(C#N)C12C(C)=O. The number of nitrogens with two attached hydrogens (primary N) is 1. The number of Topliss-reactive ketones (excluding diaryl/α,β-unsaturated/α-hetero) is 1. The van der Waals surface area contributed by atoms with E-state index < -0.39 is 33.7 Å². The predicted molar refractivity (Wildman–Crippen MR) is 119 cm³/mol. The average molecular weight is 457 g/mol. The summed E-state index contributed by atoms with van der Waals surface area (Å²) in [4.78, 5) is 24.3. The van der Waals surface area contributed by atoms with Gasteiger partial charge in [-0.1, -0.05) is 37.0 Å². The van der Waals surface area contributed by atoms with Gasteiger partial charge in [0, 0.05) is 6.92 Å². The van der Waals surface area contributed by atoms with Crippen LogP contribution in [0.2, 0.25) is 0 Å². The zero-order chi connectivity index (χ0) is 25.1. The molecule has 0 aromatic carbocycles. The van der Waals surface area contributed by atoms with Gasteiger partial charge in [0.25, 0.3) is 5.79 Å². The van der Waals surface area contributed by atoms with E-state index in [0.717, 1.165) is 25.7 Å². The van der Waals surface area contributed by atoms with Crippen LogP contribution in [0.15, 0.2) is 10.3 Å². The lowest BCUT2D eigenvalue weighted by atomic mass is 9.82. The number of ether oxygens (including phenoxy) is 1. The molecule has 4 atom stereocenters. The Labute approximate surface area is 194 Å². The van der Waals surface area contributed by atoms with Crippen LogP contribution in [0, 0.1) is 50.2 Å². The van der Waals surface area contributed by atoms with Gasteiger partial charge in [-0.3, -0.25) is 15.3 Å². The van der Waals surface area contributed by atoms with Crippen molar-refractivity contribution in [2.24, 2.45) is 32.3 Å². The van der Waals surface area contributed by atoms with Gasteiger partial charge >= 0.3 is 5.91 Å². The molecule has 2 N–H and O–H groups in total. The van der Waals surface area contributed by atoms with Crippen LogP contribution < -0.4 is 5.73 Å². The summed E-state index contributed by atoms with van der Waals surface area (Å²) in [6, 6.07) is 5.63. The molecule has 1 heterocycles. The molecule has 10 nitrogen and oxygen atoms in total. The van der Waals surface area contributed by atoms with Crippen LogP contribution >= 0.6 is 0 Å². The molecule has 0 aromatic heterocycles. The summed E-state index contributed by atoms with van der Waals surface area (Å²) in [5.74, 6) is -5.11. The molecule has 33 heavy (non-hydrogen) atoms. The minimum absolute atomic E-state index is 0.579. The Bertz CT molecular complexity index is 974. The molecule has 1 saturated carbocycles. The van der Waals surface area contributed by atoms with Crippen molar-refractivity contribution in [1.82, 2.24) is 0 Å². The summed E-state index contributed by atoms with van der Waals surface area (Å²) in [5, 5.41) is 38.5. The first kappa shape index (κ1) is 26.3. The summed E-state index contributed by atoms with van der Waals surface area (Å²) in [6.45, 7) is 10.0. The van der Waals surface area contributed by atoms with Gasteiger partial charge in [0.2, 0.25) is 0 Å². The minimum atomic E-state index is -2.41. The van der Waals surface area contributed by atoms with Crippen molar-refractivity contribution in [3.63, 3.8) is 0 Å². The summed E-state index contributed by atoms with van der Waals surface area (Å²) in [6.07, 6.45) is 4.84. The van der Waals surface area contributed by atoms with E-state index in [1.54, 1.807) is 13.8 Å². The largest absolute Gasteiger partial charge is 0.359 e. The first-order valence-corrected chi connectivity index (χ1v) is 11.2. The second-order valence-corrected chi connectivity index (χ2v) is 8.90. The molecular weight excluding hydrogens is 424 g/mol. The molecule has 1 aliphatic carbocycles. The number of unbranched alkanes of at least 4 members (excludes halogenated alkanes) is 2. The van der Waals surface area contributed by atoms with E-state index in [4.69, 9.17) is 20.1 Å². The first-order valence-electron chi connectivity index (χ1n) is 11.2. The molecule has 0 spiro atoms. The second kappa shape index (κ2) is 9.09. The molecule has 2 aliphatic rings. The maximum atomic E-state index is 13.1. The smallest absolute Gasteiger partial charge is 0.319 e. The number of rotatable bonds is 11. The van der Waals surface area contributed by atoms with E-state index in [1.165, 1.54) is 13.8 Å². The third-order valence-corrected chi connectivity index (χ3v) is 6.70. The first-order chi connectivity index (χ1) is 15.5. The zero-order valence-electron chi connectivity index (χ0n) is 20.2. The highest BCUT2D eigenvalue weighted by Gasteiger charge is 3.10. The van der Waals surface area contributed by atoms with Crippen LogP contribution in [-0.2, 0) is 19.2 Å². The van der Waals surface area contributed by atoms with Crippen molar-refractivity contribution in [3.05, 3.63) is 0 Å². The Balaban J connectivity index is 2.66. The molecule has 1 saturated heterocycles. The molecule has 0 aromatic rings. The lowest BCUT2D eigenvalue weighted by Gasteiger charge is -2.35. The standard InChI is InChI=1S/C23H32N6O4/c1-7-9-11-16(3)28-32-19(6)22(18(5)30)20(13-24,14-25)21(22,15-26)23(27,31-19)33-29-17(4)12-10-8-2/h7-12,27H2,1-6H3/b28-16+,29-17+. The van der Waals surface area contributed by atoms with E-state index >= 15 is 0 Å². The third-order valence-electron chi connectivity index (χ3n) is 6.70. The minimum Gasteiger partial charge on any atom is -0.359 e. The van der Waals surface area contributed by atoms with Gasteiger partial charge in [-0.25, -0.2) is 0 Å². The van der Waals surface area contributed by atoms with Crippen LogP contribution in [0.1, 0.15) is 80.1 Å². The van der Waals surface area contributed by atoms with Gasteiger partial charge < -0.3 is 9.68 Å². The summed E-state index contributed by atoms with van der Waals surface area (Å²) in [7, 11) is 0. The van der Waals surface area contributed by atoms with Gasteiger partial charge in [-0.2, -0.15) is 15.8 Å². The maximum Gasteiger partial charge on any atom is 0.319 e. The van der Waals surface area contributed by atoms with E-state index in [1.807, 2.05) is 32.1 Å². The Morgan fingerprint density at radius 2 is 1.42 bits per heavy atom. The highest BCUT2D eigenvalue weighted by atomic mass is 16.9. The van der Waals surface area contributed by atoms with Crippen LogP contribution in [0.25, 0.3) is 0 Å². The number of nitriles is 3. The Kier molecular flexibility index (Phi) is 7.24. The highest BCUT2D eigenvalue weighted by Crippen LogP contribution is 2.89. The Morgan fingerprint density at radius 1 is 0.939 bits per heavy atom. The molecular formula is C23H32N6O4. The van der Waals surface area contributed by atoms with Crippen molar-refractivity contribution in [2.45, 2.75) is 91.8 Å². The Hall–Kier alpha value is -3.00. The van der Waals surface area contributed by atoms with Crippen molar-refractivity contribution >= 4 is 17.2 Å². The molecule has 10 heteroatoms. The number of hydrogen-bond donors (Lipinski definition) is 1. The number of oxime groups is 2. The number of ketones is 1. The van der Waals surface area contributed by atoms with Crippen LogP contribution in [0.3, 0.4) is 0 Å². The average Bonchev–Trinajstić information content (AvgIpc) is 3.33. The van der Waals surface area contributed by atoms with E-state index in [2.05, 4.69) is 10.3 Å². The summed E-state index contributed by atoms with van der Waals surface area (Å²) < 4.78 is 5.90. The molecule has 1 aliphatic heterocycles. The fourth-order valence-corrected chi connectivity index (χ4v) is 5.10. The van der Waals surface area contributed by atoms with E-state index in [-0.39, 0.29) is 0 Å². The number of fused-ring (bicyclic) bond motifs is 1. The van der Waals surface area contributed by atoms with Gasteiger partial charge in [-0.05, 0) is 46.5 Å². The van der Waals surface area contributed by atoms with E-state index in [0.29, 0.717) is 24.3 Å². The molecule has 0 radical (unpaired) electrons. The monoisotopic (exact) mass is 456 g/mol. The summed E-state index contributed by atoms with van der Waals surface area (Å²) >= 11 is 0. The maximum absolute atomic E-state index is 13.1. The second-order valence-electron chi connectivity index (χ2n) is 8.90. The third kappa shape index (κ3) is 3.22. The molecule has 2 rings (SSSR count). The van der Waals surface area contributed by atoms with Crippen molar-refractivity contribution < 1.29 is 19.2 Å². The van der Waals surface area contributed by atoms with Gasteiger partial charge in [-0.15, -0.1) is 0 Å². The molecule has 4 unspecified atom stereocenters. The summed E-state index contributed by atoms with van der Waals surface area (Å²) in [5.41, 5.74) is 1.16. The van der Waals surface area contributed by atoms with Crippen molar-refractivity contribution in [1.29, 1.82) is 15.8 Å². The van der Waals surface area contributed by atoms with E-state index in [9.17, 15) is 20.6 Å². The van der Waals surface area contributed by atoms with Crippen molar-refractivity contribution in [2.75, 3.05) is 0 Å². The molecule has 2 fully saturated rings. The van der Waals surface area contributed by atoms with Gasteiger partial charge in [0.05, 0.1) is 29.6 Å². The van der Waals surface area contributed by atoms with Crippen LogP contribution in [0.5, 0.6) is 0 Å². The topological polar surface area (TPSA) is 167 Å². The van der Waals surface area contributed by atoms with Crippen LogP contribution in [0.4, 0.5) is 0 Å². The molecule has 178 valence electrons. The van der Waals surface area contributed by atoms with Crippen LogP contribution in [-0.4, -0.2) is 28.9 Å². The fourth-order valence-electron chi connectivity index (χ4n) is 5.10. The predicted octanol–water partition coefficient (Wildman–Crippen LogP) is 3.64. The number of nitrogens with zero attached hydrogens (tertiary/aromatic N) is 5. The fraction of sp³-hybridized carbons (Fsp3) is 0.739.